The number of piperazine rings is 1. The molecule has 0 saturated carbocycles. The Hall–Kier alpha value is -2.53. The molecule has 1 heterocycles. The predicted octanol–water partition coefficient (Wildman–Crippen LogP) is 2.87. The van der Waals surface area contributed by atoms with E-state index in [1.165, 1.54) is 0 Å². The molecule has 0 radical (unpaired) electrons. The number of nitrogens with zero attached hydrogens (tertiary/aromatic N) is 2. The van der Waals surface area contributed by atoms with Gasteiger partial charge in [0.15, 0.2) is 0 Å². The van der Waals surface area contributed by atoms with Crippen LogP contribution in [0.25, 0.3) is 0 Å². The van der Waals surface area contributed by atoms with Crippen molar-refractivity contribution in [1.82, 2.24) is 4.90 Å². The number of hydrogen-bond acceptors (Lipinski definition) is 3. The van der Waals surface area contributed by atoms with Crippen molar-refractivity contribution < 1.29 is 9.59 Å². The van der Waals surface area contributed by atoms with Crippen LogP contribution in [0, 0.1) is 0 Å². The molecule has 2 aromatic carbocycles. The zero-order chi connectivity index (χ0) is 16.9. The minimum Gasteiger partial charge on any atom is -0.368 e. The summed E-state index contributed by atoms with van der Waals surface area (Å²) in [5.41, 5.74) is 2.39. The molecule has 1 N–H and O–H groups in total. The van der Waals surface area contributed by atoms with Crippen molar-refractivity contribution in [2.24, 2.45) is 0 Å². The fraction of sp³-hybridized carbons (Fsp3) is 0.222. The van der Waals surface area contributed by atoms with E-state index in [0.29, 0.717) is 10.6 Å². The van der Waals surface area contributed by atoms with Crippen molar-refractivity contribution >= 4 is 35.3 Å². The molecule has 1 fully saturated rings. The Morgan fingerprint density at radius 2 is 1.58 bits per heavy atom. The number of benzene rings is 2. The Bertz CT molecular complexity index is 708. The lowest BCUT2D eigenvalue weighted by molar-refractivity contribution is -0.118. The summed E-state index contributed by atoms with van der Waals surface area (Å²) in [4.78, 5) is 26.9. The van der Waals surface area contributed by atoms with Gasteiger partial charge >= 0.3 is 0 Å². The first-order valence-corrected chi connectivity index (χ1v) is 8.15. The van der Waals surface area contributed by atoms with Gasteiger partial charge in [-0.05, 0) is 48.5 Å². The highest BCUT2D eigenvalue weighted by molar-refractivity contribution is 6.30. The molecule has 6 heteroatoms. The molecule has 3 rings (SSSR count). The molecule has 0 atom stereocenters. The van der Waals surface area contributed by atoms with Gasteiger partial charge in [-0.15, -0.1) is 0 Å². The average molecular weight is 344 g/mol. The SMILES string of the molecule is O=CN1CCN(c2ccc(NC(=O)c3ccc(Cl)cc3)cc2)CC1. The van der Waals surface area contributed by atoms with Crippen molar-refractivity contribution in [3.8, 4) is 0 Å². The predicted molar refractivity (Wildman–Crippen MR) is 95.7 cm³/mol. The van der Waals surface area contributed by atoms with Gasteiger partial charge in [-0.2, -0.15) is 0 Å². The van der Waals surface area contributed by atoms with E-state index in [1.807, 2.05) is 24.3 Å². The summed E-state index contributed by atoms with van der Waals surface area (Å²) in [6.07, 6.45) is 0.896. The maximum atomic E-state index is 12.2. The standard InChI is InChI=1S/C18H18ClN3O2/c19-15-3-1-14(2-4-15)18(24)20-16-5-7-17(8-6-16)22-11-9-21(13-23)10-12-22/h1-8,13H,9-12H2,(H,20,24). The van der Waals surface area contributed by atoms with Gasteiger partial charge in [0.1, 0.15) is 0 Å². The minimum atomic E-state index is -0.168. The van der Waals surface area contributed by atoms with Crippen LogP contribution in [0.3, 0.4) is 0 Å². The van der Waals surface area contributed by atoms with Gasteiger partial charge in [0.05, 0.1) is 0 Å². The van der Waals surface area contributed by atoms with Gasteiger partial charge in [-0.3, -0.25) is 9.59 Å². The second kappa shape index (κ2) is 7.36. The van der Waals surface area contributed by atoms with Crippen LogP contribution in [0.5, 0.6) is 0 Å². The largest absolute Gasteiger partial charge is 0.368 e. The van der Waals surface area contributed by atoms with Gasteiger partial charge in [0.2, 0.25) is 6.41 Å². The Kier molecular flexibility index (Phi) is 5.01. The van der Waals surface area contributed by atoms with Gasteiger partial charge in [-0.25, -0.2) is 0 Å². The van der Waals surface area contributed by atoms with Crippen molar-refractivity contribution in [1.29, 1.82) is 0 Å². The normalized spacial score (nSPS) is 14.4. The topological polar surface area (TPSA) is 52.7 Å². The van der Waals surface area contributed by atoms with Crippen LogP contribution in [0.2, 0.25) is 5.02 Å². The number of anilines is 2. The lowest BCUT2D eigenvalue weighted by Gasteiger charge is -2.34. The Labute approximate surface area is 145 Å². The van der Waals surface area contributed by atoms with Crippen LogP contribution < -0.4 is 10.2 Å². The highest BCUT2D eigenvalue weighted by atomic mass is 35.5. The molecule has 24 heavy (non-hydrogen) atoms. The third-order valence-electron chi connectivity index (χ3n) is 4.06. The quantitative estimate of drug-likeness (QED) is 0.868. The van der Waals surface area contributed by atoms with Crippen molar-refractivity contribution in [3.05, 3.63) is 59.1 Å². The lowest BCUT2D eigenvalue weighted by atomic mass is 10.2. The summed E-state index contributed by atoms with van der Waals surface area (Å²) in [5, 5.41) is 3.47. The minimum absolute atomic E-state index is 0.168. The molecule has 5 nitrogen and oxygen atoms in total. The first kappa shape index (κ1) is 16.3. The zero-order valence-electron chi connectivity index (χ0n) is 13.1. The maximum Gasteiger partial charge on any atom is 0.255 e. The van der Waals surface area contributed by atoms with Gasteiger partial charge < -0.3 is 15.1 Å². The first-order chi connectivity index (χ1) is 11.7. The Morgan fingerprint density at radius 1 is 0.958 bits per heavy atom. The molecule has 0 aliphatic carbocycles. The molecular formula is C18H18ClN3O2. The highest BCUT2D eigenvalue weighted by Crippen LogP contribution is 2.20. The van der Waals surface area contributed by atoms with Gasteiger partial charge in [0, 0.05) is 48.1 Å². The van der Waals surface area contributed by atoms with Crippen LogP contribution in [-0.4, -0.2) is 43.4 Å². The van der Waals surface area contributed by atoms with Crippen LogP contribution in [0.15, 0.2) is 48.5 Å². The third-order valence-corrected chi connectivity index (χ3v) is 4.31. The van der Waals surface area contributed by atoms with E-state index in [2.05, 4.69) is 10.2 Å². The summed E-state index contributed by atoms with van der Waals surface area (Å²) < 4.78 is 0. The zero-order valence-corrected chi connectivity index (χ0v) is 13.9. The number of carbonyl (C=O) groups is 2. The molecule has 124 valence electrons. The summed E-state index contributed by atoms with van der Waals surface area (Å²) in [5.74, 6) is -0.168. The van der Waals surface area contributed by atoms with E-state index in [4.69, 9.17) is 11.6 Å². The third kappa shape index (κ3) is 3.86. The van der Waals surface area contributed by atoms with Crippen molar-refractivity contribution in [2.45, 2.75) is 0 Å². The summed E-state index contributed by atoms with van der Waals surface area (Å²) >= 11 is 5.83. The molecule has 0 unspecified atom stereocenters. The molecule has 1 saturated heterocycles. The van der Waals surface area contributed by atoms with E-state index in [-0.39, 0.29) is 5.91 Å². The van der Waals surface area contributed by atoms with Crippen LogP contribution >= 0.6 is 11.6 Å². The number of hydrogen-bond donors (Lipinski definition) is 1. The van der Waals surface area contributed by atoms with E-state index >= 15 is 0 Å². The summed E-state index contributed by atoms with van der Waals surface area (Å²) in [7, 11) is 0. The number of carbonyl (C=O) groups excluding carboxylic acids is 2. The molecular weight excluding hydrogens is 326 g/mol. The maximum absolute atomic E-state index is 12.2. The number of amides is 2. The molecule has 0 bridgehead atoms. The van der Waals surface area contributed by atoms with Crippen LogP contribution in [0.1, 0.15) is 10.4 Å². The van der Waals surface area contributed by atoms with Crippen LogP contribution in [-0.2, 0) is 4.79 Å². The van der Waals surface area contributed by atoms with E-state index < -0.39 is 0 Å². The van der Waals surface area contributed by atoms with Crippen molar-refractivity contribution in [2.75, 3.05) is 36.4 Å². The van der Waals surface area contributed by atoms with Crippen molar-refractivity contribution in [3.63, 3.8) is 0 Å². The summed E-state index contributed by atoms with van der Waals surface area (Å²) in [6.45, 7) is 3.10. The fourth-order valence-corrected chi connectivity index (χ4v) is 2.77. The number of nitrogens with one attached hydrogen (secondary N) is 1. The summed E-state index contributed by atoms with van der Waals surface area (Å²) in [6, 6.07) is 14.5. The number of rotatable bonds is 4. The monoisotopic (exact) mass is 343 g/mol. The van der Waals surface area contributed by atoms with Gasteiger partial charge in [-0.1, -0.05) is 11.6 Å². The molecule has 1 aliphatic rings. The molecule has 0 aromatic heterocycles. The molecule has 2 aromatic rings. The fourth-order valence-electron chi connectivity index (χ4n) is 2.65. The second-order valence-electron chi connectivity index (χ2n) is 5.64. The first-order valence-electron chi connectivity index (χ1n) is 7.77. The average Bonchev–Trinajstić information content (AvgIpc) is 2.63. The molecule has 1 aliphatic heterocycles. The van der Waals surface area contributed by atoms with Gasteiger partial charge in [0.25, 0.3) is 5.91 Å². The van der Waals surface area contributed by atoms with E-state index in [1.54, 1.807) is 29.2 Å². The lowest BCUT2D eigenvalue weighted by Crippen LogP contribution is -2.45. The Morgan fingerprint density at radius 3 is 2.17 bits per heavy atom. The van der Waals surface area contributed by atoms with Crippen LogP contribution in [0.4, 0.5) is 11.4 Å². The second-order valence-corrected chi connectivity index (χ2v) is 6.07. The molecule has 0 spiro atoms. The number of halogens is 1. The molecule has 2 amide bonds. The highest BCUT2D eigenvalue weighted by Gasteiger charge is 2.15. The van der Waals surface area contributed by atoms with E-state index in [9.17, 15) is 9.59 Å². The Balaban J connectivity index is 1.61. The van der Waals surface area contributed by atoms with E-state index in [0.717, 1.165) is 44.0 Å². The smallest absolute Gasteiger partial charge is 0.255 e.